The minimum atomic E-state index is -0.406. The largest absolute Gasteiger partial charge is 0.391 e. The molecule has 4 heteroatoms. The van der Waals surface area contributed by atoms with Crippen LogP contribution in [0.3, 0.4) is 0 Å². The molecule has 0 aliphatic heterocycles. The van der Waals surface area contributed by atoms with E-state index in [0.717, 1.165) is 29.7 Å². The van der Waals surface area contributed by atoms with Crippen molar-refractivity contribution >= 4 is 11.6 Å². The summed E-state index contributed by atoms with van der Waals surface area (Å²) in [5.74, 6) is 0.284. The summed E-state index contributed by atoms with van der Waals surface area (Å²) in [6.07, 6.45) is 4.15. The fraction of sp³-hybridized carbons (Fsp3) is 0.588. The Balaban J connectivity index is 1.74. The second-order valence-corrected chi connectivity index (χ2v) is 6.04. The fourth-order valence-corrected chi connectivity index (χ4v) is 3.05. The second kappa shape index (κ2) is 7.46. The highest BCUT2D eigenvalue weighted by molar-refractivity contribution is 5.81. The lowest BCUT2D eigenvalue weighted by molar-refractivity contribution is -0.120. The summed E-state index contributed by atoms with van der Waals surface area (Å²) in [6, 6.07) is 6.06. The maximum absolute atomic E-state index is 11.9. The van der Waals surface area contributed by atoms with Crippen LogP contribution in [0.1, 0.15) is 36.8 Å². The van der Waals surface area contributed by atoms with E-state index < -0.39 is 6.10 Å². The molecule has 1 aliphatic carbocycles. The lowest BCUT2D eigenvalue weighted by atomic mass is 10.0. The lowest BCUT2D eigenvalue weighted by Gasteiger charge is -2.18. The van der Waals surface area contributed by atoms with E-state index in [0.29, 0.717) is 12.5 Å². The van der Waals surface area contributed by atoms with Gasteiger partial charge in [-0.3, -0.25) is 4.79 Å². The second-order valence-electron chi connectivity index (χ2n) is 6.04. The molecule has 0 saturated heterocycles. The Morgan fingerprint density at radius 3 is 2.52 bits per heavy atom. The zero-order valence-corrected chi connectivity index (χ0v) is 13.0. The van der Waals surface area contributed by atoms with Crippen molar-refractivity contribution in [3.05, 3.63) is 29.3 Å². The normalized spacial score (nSPS) is 16.7. The van der Waals surface area contributed by atoms with E-state index in [9.17, 15) is 9.90 Å². The van der Waals surface area contributed by atoms with E-state index in [-0.39, 0.29) is 12.5 Å². The van der Waals surface area contributed by atoms with Crippen molar-refractivity contribution in [2.45, 2.75) is 45.6 Å². The van der Waals surface area contributed by atoms with Crippen LogP contribution in [-0.2, 0) is 4.79 Å². The molecule has 3 N–H and O–H groups in total. The summed E-state index contributed by atoms with van der Waals surface area (Å²) in [5, 5.41) is 16.0. The molecule has 1 aromatic carbocycles. The van der Waals surface area contributed by atoms with Gasteiger partial charge in [-0.05, 0) is 43.7 Å². The maximum atomic E-state index is 11.9. The highest BCUT2D eigenvalue weighted by atomic mass is 16.3. The first-order valence-electron chi connectivity index (χ1n) is 7.83. The molecule has 21 heavy (non-hydrogen) atoms. The molecule has 1 aliphatic rings. The Morgan fingerprint density at radius 1 is 1.29 bits per heavy atom. The van der Waals surface area contributed by atoms with Crippen molar-refractivity contribution in [2.24, 2.45) is 5.92 Å². The van der Waals surface area contributed by atoms with Crippen LogP contribution in [0.2, 0.25) is 0 Å². The van der Waals surface area contributed by atoms with Gasteiger partial charge in [-0.25, -0.2) is 0 Å². The summed E-state index contributed by atoms with van der Waals surface area (Å²) >= 11 is 0. The SMILES string of the molecule is Cc1cccc(C)c1NCC(=O)NCC(O)C1CCCC1. The van der Waals surface area contributed by atoms with Crippen molar-refractivity contribution in [1.29, 1.82) is 0 Å². The summed E-state index contributed by atoms with van der Waals surface area (Å²) in [6.45, 7) is 4.65. The van der Waals surface area contributed by atoms with E-state index in [4.69, 9.17) is 0 Å². The maximum Gasteiger partial charge on any atom is 0.239 e. The minimum absolute atomic E-state index is 0.0744. The molecule has 1 aromatic rings. The number of amides is 1. The summed E-state index contributed by atoms with van der Waals surface area (Å²) < 4.78 is 0. The van der Waals surface area contributed by atoms with Crippen molar-refractivity contribution in [3.8, 4) is 0 Å². The quantitative estimate of drug-likeness (QED) is 0.754. The zero-order chi connectivity index (χ0) is 15.2. The number of rotatable bonds is 6. The number of aryl methyl sites for hydroxylation is 2. The third-order valence-corrected chi connectivity index (χ3v) is 4.36. The molecule has 0 aromatic heterocycles. The number of anilines is 1. The van der Waals surface area contributed by atoms with Gasteiger partial charge in [0.25, 0.3) is 0 Å². The van der Waals surface area contributed by atoms with Gasteiger partial charge in [-0.1, -0.05) is 31.0 Å². The van der Waals surface area contributed by atoms with Crippen LogP contribution < -0.4 is 10.6 Å². The molecular formula is C17H26N2O2. The predicted octanol–water partition coefficient (Wildman–Crippen LogP) is 2.38. The number of nitrogens with one attached hydrogen (secondary N) is 2. The molecule has 0 bridgehead atoms. The number of aliphatic hydroxyl groups is 1. The monoisotopic (exact) mass is 290 g/mol. The van der Waals surface area contributed by atoms with E-state index in [2.05, 4.69) is 10.6 Å². The van der Waals surface area contributed by atoms with Crippen molar-refractivity contribution in [1.82, 2.24) is 5.32 Å². The van der Waals surface area contributed by atoms with Gasteiger partial charge >= 0.3 is 0 Å². The summed E-state index contributed by atoms with van der Waals surface area (Å²) in [7, 11) is 0. The Hall–Kier alpha value is -1.55. The number of hydrogen-bond acceptors (Lipinski definition) is 3. The third-order valence-electron chi connectivity index (χ3n) is 4.36. The van der Waals surface area contributed by atoms with Crippen molar-refractivity contribution in [2.75, 3.05) is 18.4 Å². The minimum Gasteiger partial charge on any atom is -0.391 e. The Morgan fingerprint density at radius 2 is 1.90 bits per heavy atom. The fourth-order valence-electron chi connectivity index (χ4n) is 3.05. The van der Waals surface area contributed by atoms with E-state index >= 15 is 0 Å². The standard InChI is InChI=1S/C17H26N2O2/c1-12-6-5-7-13(2)17(12)19-11-16(21)18-10-15(20)14-8-3-4-9-14/h5-7,14-15,19-20H,3-4,8-11H2,1-2H3,(H,18,21). The molecule has 4 nitrogen and oxygen atoms in total. The number of carbonyl (C=O) groups is 1. The molecule has 2 rings (SSSR count). The molecule has 0 heterocycles. The first-order chi connectivity index (χ1) is 10.1. The number of benzene rings is 1. The molecule has 116 valence electrons. The van der Waals surface area contributed by atoms with Gasteiger partial charge in [0.15, 0.2) is 0 Å². The molecule has 1 fully saturated rings. The van der Waals surface area contributed by atoms with Crippen LogP contribution in [0.15, 0.2) is 18.2 Å². The molecular weight excluding hydrogens is 264 g/mol. The van der Waals surface area contributed by atoms with Gasteiger partial charge in [0, 0.05) is 12.2 Å². The number of para-hydroxylation sites is 1. The zero-order valence-electron chi connectivity index (χ0n) is 13.0. The molecule has 1 saturated carbocycles. The van der Waals surface area contributed by atoms with Crippen LogP contribution >= 0.6 is 0 Å². The molecule has 1 unspecified atom stereocenters. The van der Waals surface area contributed by atoms with Gasteiger partial charge in [-0.15, -0.1) is 0 Å². The molecule has 0 spiro atoms. The number of aliphatic hydroxyl groups excluding tert-OH is 1. The van der Waals surface area contributed by atoms with Crippen molar-refractivity contribution in [3.63, 3.8) is 0 Å². The van der Waals surface area contributed by atoms with Gasteiger partial charge < -0.3 is 15.7 Å². The van der Waals surface area contributed by atoms with Crippen LogP contribution in [0, 0.1) is 19.8 Å². The van der Waals surface area contributed by atoms with Crippen LogP contribution in [-0.4, -0.2) is 30.2 Å². The molecule has 0 radical (unpaired) electrons. The van der Waals surface area contributed by atoms with E-state index in [1.54, 1.807) is 0 Å². The lowest BCUT2D eigenvalue weighted by Crippen LogP contribution is -2.38. The first kappa shape index (κ1) is 15.8. The third kappa shape index (κ3) is 4.46. The highest BCUT2D eigenvalue weighted by Gasteiger charge is 2.23. The highest BCUT2D eigenvalue weighted by Crippen LogP contribution is 2.27. The number of carbonyl (C=O) groups excluding carboxylic acids is 1. The average molecular weight is 290 g/mol. The Labute approximate surface area is 126 Å². The summed E-state index contributed by atoms with van der Waals surface area (Å²) in [5.41, 5.74) is 3.28. The molecule has 1 amide bonds. The van der Waals surface area contributed by atoms with E-state index in [1.807, 2.05) is 32.0 Å². The topological polar surface area (TPSA) is 61.4 Å². The smallest absolute Gasteiger partial charge is 0.239 e. The number of hydrogen-bond donors (Lipinski definition) is 3. The predicted molar refractivity (Wildman–Crippen MR) is 85.4 cm³/mol. The average Bonchev–Trinajstić information content (AvgIpc) is 2.98. The summed E-state index contributed by atoms with van der Waals surface area (Å²) in [4.78, 5) is 11.9. The Kier molecular flexibility index (Phi) is 5.62. The van der Waals surface area contributed by atoms with Crippen LogP contribution in [0.25, 0.3) is 0 Å². The van der Waals surface area contributed by atoms with E-state index in [1.165, 1.54) is 12.8 Å². The first-order valence-corrected chi connectivity index (χ1v) is 7.83. The molecule has 1 atom stereocenters. The van der Waals surface area contributed by atoms with Gasteiger partial charge in [0.05, 0.1) is 12.6 Å². The van der Waals surface area contributed by atoms with Crippen LogP contribution in [0.5, 0.6) is 0 Å². The van der Waals surface area contributed by atoms with Crippen molar-refractivity contribution < 1.29 is 9.90 Å². The Bertz CT molecular complexity index is 461. The van der Waals surface area contributed by atoms with Gasteiger partial charge in [0.2, 0.25) is 5.91 Å². The van der Waals surface area contributed by atoms with Gasteiger partial charge in [-0.2, -0.15) is 0 Å². The van der Waals surface area contributed by atoms with Crippen LogP contribution in [0.4, 0.5) is 5.69 Å². The van der Waals surface area contributed by atoms with Gasteiger partial charge in [0.1, 0.15) is 0 Å².